The molecule has 0 aliphatic rings. The summed E-state index contributed by atoms with van der Waals surface area (Å²) >= 11 is 1.38. The van der Waals surface area contributed by atoms with Crippen molar-refractivity contribution in [2.24, 2.45) is 0 Å². The average Bonchev–Trinajstić information content (AvgIpc) is 3.37. The molecule has 0 bridgehead atoms. The number of nitrogens with zero attached hydrogens (tertiary/aromatic N) is 4. The van der Waals surface area contributed by atoms with Crippen LogP contribution < -0.4 is 0 Å². The molecule has 0 saturated heterocycles. The Balaban J connectivity index is 1.35. The fourth-order valence-corrected chi connectivity index (χ4v) is 3.19. The van der Waals surface area contributed by atoms with Crippen LogP contribution in [0.2, 0.25) is 0 Å². The normalized spacial score (nSPS) is 11.0. The summed E-state index contributed by atoms with van der Waals surface area (Å²) in [6.07, 6.45) is 1.65. The van der Waals surface area contributed by atoms with Crippen molar-refractivity contribution in [3.8, 4) is 11.5 Å². The van der Waals surface area contributed by atoms with Gasteiger partial charge in [0.2, 0.25) is 17.7 Å². The first-order valence-electron chi connectivity index (χ1n) is 8.71. The van der Waals surface area contributed by atoms with Crippen LogP contribution >= 0.6 is 11.8 Å². The van der Waals surface area contributed by atoms with Crippen LogP contribution in [0.4, 0.5) is 0 Å². The SMILES string of the molecule is CCc1ccc(Cc2nnc(SCc3nnc(-c4ccccc4)o3)o2)cc1. The Kier molecular flexibility index (Phi) is 5.29. The summed E-state index contributed by atoms with van der Waals surface area (Å²) in [6, 6.07) is 18.1. The second kappa shape index (κ2) is 8.18. The van der Waals surface area contributed by atoms with Gasteiger partial charge in [0.05, 0.1) is 12.2 Å². The molecule has 0 fully saturated rings. The molecule has 0 amide bonds. The summed E-state index contributed by atoms with van der Waals surface area (Å²) in [7, 11) is 0. The molecule has 6 nitrogen and oxygen atoms in total. The molecule has 0 atom stereocenters. The predicted octanol–water partition coefficient (Wildman–Crippen LogP) is 4.57. The van der Waals surface area contributed by atoms with Gasteiger partial charge < -0.3 is 8.83 Å². The molecule has 7 heteroatoms. The van der Waals surface area contributed by atoms with E-state index >= 15 is 0 Å². The van der Waals surface area contributed by atoms with E-state index in [4.69, 9.17) is 8.83 Å². The Labute approximate surface area is 161 Å². The maximum Gasteiger partial charge on any atom is 0.277 e. The number of hydrogen-bond donors (Lipinski definition) is 0. The Morgan fingerprint density at radius 2 is 1.52 bits per heavy atom. The van der Waals surface area contributed by atoms with Gasteiger partial charge in [-0.2, -0.15) is 0 Å². The molecule has 0 unspecified atom stereocenters. The monoisotopic (exact) mass is 378 g/mol. The summed E-state index contributed by atoms with van der Waals surface area (Å²) in [5, 5.41) is 16.8. The molecule has 0 aliphatic heterocycles. The van der Waals surface area contributed by atoms with Crippen molar-refractivity contribution in [3.63, 3.8) is 0 Å². The Morgan fingerprint density at radius 1 is 0.778 bits per heavy atom. The lowest BCUT2D eigenvalue weighted by Gasteiger charge is -1.99. The summed E-state index contributed by atoms with van der Waals surface area (Å²) in [6.45, 7) is 2.14. The Hall–Kier alpha value is -2.93. The lowest BCUT2D eigenvalue weighted by Crippen LogP contribution is -1.89. The van der Waals surface area contributed by atoms with Crippen LogP contribution in [0.5, 0.6) is 0 Å². The zero-order valence-corrected chi connectivity index (χ0v) is 15.6. The van der Waals surface area contributed by atoms with Crippen molar-refractivity contribution in [2.75, 3.05) is 0 Å². The number of aryl methyl sites for hydroxylation is 1. The van der Waals surface area contributed by atoms with Crippen molar-refractivity contribution in [2.45, 2.75) is 30.7 Å². The zero-order chi connectivity index (χ0) is 18.5. The molecule has 0 aliphatic carbocycles. The third-order valence-corrected chi connectivity index (χ3v) is 4.84. The fourth-order valence-electron chi connectivity index (χ4n) is 2.57. The average molecular weight is 378 g/mol. The Morgan fingerprint density at radius 3 is 2.30 bits per heavy atom. The van der Waals surface area contributed by atoms with Crippen LogP contribution in [0.1, 0.15) is 29.8 Å². The first-order chi connectivity index (χ1) is 13.3. The lowest BCUT2D eigenvalue weighted by atomic mass is 10.1. The van der Waals surface area contributed by atoms with Crippen LogP contribution in [0.3, 0.4) is 0 Å². The van der Waals surface area contributed by atoms with Crippen molar-refractivity contribution in [3.05, 3.63) is 77.5 Å². The van der Waals surface area contributed by atoms with Crippen molar-refractivity contribution < 1.29 is 8.83 Å². The number of rotatable bonds is 7. The van der Waals surface area contributed by atoms with Gasteiger partial charge in [-0.05, 0) is 29.7 Å². The molecule has 0 radical (unpaired) electrons. The first kappa shape index (κ1) is 17.5. The maximum atomic E-state index is 5.71. The van der Waals surface area contributed by atoms with Crippen LogP contribution in [0.25, 0.3) is 11.5 Å². The topological polar surface area (TPSA) is 77.8 Å². The number of benzene rings is 2. The lowest BCUT2D eigenvalue weighted by molar-refractivity contribution is 0.419. The summed E-state index contributed by atoms with van der Waals surface area (Å²) < 4.78 is 11.4. The highest BCUT2D eigenvalue weighted by Gasteiger charge is 2.12. The van der Waals surface area contributed by atoms with E-state index in [0.29, 0.717) is 35.1 Å². The van der Waals surface area contributed by atoms with Crippen molar-refractivity contribution in [1.82, 2.24) is 20.4 Å². The standard InChI is InChI=1S/C20H18N4O2S/c1-2-14-8-10-15(11-9-14)12-17-21-24-20(26-17)27-13-18-22-23-19(25-18)16-6-4-3-5-7-16/h3-11H,2,12-13H2,1H3. The van der Waals surface area contributed by atoms with Gasteiger partial charge in [0.15, 0.2) is 0 Å². The zero-order valence-electron chi connectivity index (χ0n) is 14.8. The molecule has 136 valence electrons. The van der Waals surface area contributed by atoms with Gasteiger partial charge in [0, 0.05) is 5.56 Å². The number of aromatic nitrogens is 4. The van der Waals surface area contributed by atoms with E-state index in [2.05, 4.69) is 51.6 Å². The van der Waals surface area contributed by atoms with Gasteiger partial charge in [-0.25, -0.2) is 0 Å². The molecule has 0 saturated carbocycles. The van der Waals surface area contributed by atoms with Gasteiger partial charge in [-0.1, -0.05) is 61.2 Å². The van der Waals surface area contributed by atoms with E-state index in [1.165, 1.54) is 17.3 Å². The largest absolute Gasteiger partial charge is 0.420 e. The molecule has 2 aromatic heterocycles. The quantitative estimate of drug-likeness (QED) is 0.436. The third kappa shape index (κ3) is 4.43. The van der Waals surface area contributed by atoms with Crippen molar-refractivity contribution in [1.29, 1.82) is 0 Å². The van der Waals surface area contributed by atoms with Crippen LogP contribution in [-0.4, -0.2) is 20.4 Å². The molecule has 4 aromatic rings. The van der Waals surface area contributed by atoms with E-state index in [0.717, 1.165) is 17.5 Å². The molecular weight excluding hydrogens is 360 g/mol. The number of hydrogen-bond acceptors (Lipinski definition) is 7. The predicted molar refractivity (Wildman–Crippen MR) is 102 cm³/mol. The molecule has 0 N–H and O–H groups in total. The van der Waals surface area contributed by atoms with Gasteiger partial charge in [0.25, 0.3) is 5.22 Å². The molecule has 2 heterocycles. The highest BCUT2D eigenvalue weighted by atomic mass is 32.2. The van der Waals surface area contributed by atoms with E-state index < -0.39 is 0 Å². The van der Waals surface area contributed by atoms with Gasteiger partial charge in [0.1, 0.15) is 0 Å². The van der Waals surface area contributed by atoms with E-state index in [9.17, 15) is 0 Å². The Bertz CT molecular complexity index is 996. The van der Waals surface area contributed by atoms with Gasteiger partial charge in [-0.3, -0.25) is 0 Å². The third-order valence-electron chi connectivity index (χ3n) is 4.04. The smallest absolute Gasteiger partial charge is 0.277 e. The highest BCUT2D eigenvalue weighted by Crippen LogP contribution is 2.24. The maximum absolute atomic E-state index is 5.71. The second-order valence-electron chi connectivity index (χ2n) is 5.96. The number of thioether (sulfide) groups is 1. The van der Waals surface area contributed by atoms with Crippen LogP contribution in [0.15, 0.2) is 68.7 Å². The molecule has 27 heavy (non-hydrogen) atoms. The summed E-state index contributed by atoms with van der Waals surface area (Å²) in [5.41, 5.74) is 3.36. The first-order valence-corrected chi connectivity index (χ1v) is 9.69. The minimum Gasteiger partial charge on any atom is -0.420 e. The van der Waals surface area contributed by atoms with Crippen LogP contribution in [0, 0.1) is 0 Å². The molecule has 0 spiro atoms. The minimum absolute atomic E-state index is 0.479. The van der Waals surface area contributed by atoms with Gasteiger partial charge >= 0.3 is 0 Å². The minimum atomic E-state index is 0.479. The van der Waals surface area contributed by atoms with E-state index in [1.807, 2.05) is 30.3 Å². The van der Waals surface area contributed by atoms with Crippen molar-refractivity contribution >= 4 is 11.8 Å². The fraction of sp³-hybridized carbons (Fsp3) is 0.200. The van der Waals surface area contributed by atoms with Gasteiger partial charge in [-0.15, -0.1) is 20.4 Å². The second-order valence-corrected chi connectivity index (χ2v) is 6.89. The summed E-state index contributed by atoms with van der Waals surface area (Å²) in [5.74, 6) is 2.10. The molecule has 4 rings (SSSR count). The highest BCUT2D eigenvalue weighted by molar-refractivity contribution is 7.98. The summed E-state index contributed by atoms with van der Waals surface area (Å²) in [4.78, 5) is 0. The molecular formula is C20H18N4O2S. The molecule has 2 aromatic carbocycles. The van der Waals surface area contributed by atoms with E-state index in [-0.39, 0.29) is 0 Å². The van der Waals surface area contributed by atoms with Crippen LogP contribution in [-0.2, 0) is 18.6 Å². The van der Waals surface area contributed by atoms with E-state index in [1.54, 1.807) is 0 Å².